The summed E-state index contributed by atoms with van der Waals surface area (Å²) in [6, 6.07) is 5.48. The lowest BCUT2D eigenvalue weighted by molar-refractivity contribution is -0.143. The quantitative estimate of drug-likeness (QED) is 0.704. The first-order valence-corrected chi connectivity index (χ1v) is 10.5. The summed E-state index contributed by atoms with van der Waals surface area (Å²) in [5.41, 5.74) is 0.433. The summed E-state index contributed by atoms with van der Waals surface area (Å²) in [4.78, 5) is 39.2. The summed E-state index contributed by atoms with van der Waals surface area (Å²) in [6.45, 7) is 3.21. The highest BCUT2D eigenvalue weighted by Crippen LogP contribution is 2.31. The zero-order chi connectivity index (χ0) is 21.7. The average Bonchev–Trinajstić information content (AvgIpc) is 2.73. The molecule has 2 unspecified atom stereocenters. The number of carbonyl (C=O) groups excluding carboxylic acids is 1. The minimum Gasteiger partial charge on any atom is -0.481 e. The van der Waals surface area contributed by atoms with Gasteiger partial charge in [-0.15, -0.1) is 0 Å². The number of likely N-dealkylation sites (tertiary alicyclic amines) is 2. The molecule has 2 heterocycles. The lowest BCUT2D eigenvalue weighted by Gasteiger charge is -2.39. The number of carboxylic acid groups (broad SMARTS) is 2. The summed E-state index contributed by atoms with van der Waals surface area (Å²) in [5, 5.41) is 18.4. The molecular weight excluding hydrogens is 391 g/mol. The van der Waals surface area contributed by atoms with Crippen molar-refractivity contribution in [1.29, 1.82) is 0 Å². The van der Waals surface area contributed by atoms with Crippen LogP contribution in [0.4, 0.5) is 4.39 Å². The second kappa shape index (κ2) is 10.0. The van der Waals surface area contributed by atoms with Gasteiger partial charge in [0.25, 0.3) is 5.91 Å². The van der Waals surface area contributed by atoms with Crippen molar-refractivity contribution in [3.05, 3.63) is 35.6 Å². The van der Waals surface area contributed by atoms with Gasteiger partial charge in [-0.1, -0.05) is 0 Å². The zero-order valence-corrected chi connectivity index (χ0v) is 17.0. The number of hydrogen-bond donors (Lipinski definition) is 2. The Hall–Kier alpha value is -2.48. The number of aliphatic carboxylic acids is 2. The predicted molar refractivity (Wildman–Crippen MR) is 108 cm³/mol. The summed E-state index contributed by atoms with van der Waals surface area (Å²) in [5.74, 6) is -2.32. The van der Waals surface area contributed by atoms with Gasteiger partial charge in [-0.2, -0.15) is 0 Å². The molecule has 0 spiro atoms. The lowest BCUT2D eigenvalue weighted by atomic mass is 9.80. The topological polar surface area (TPSA) is 98.2 Å². The molecule has 164 valence electrons. The van der Waals surface area contributed by atoms with E-state index in [1.165, 1.54) is 24.3 Å². The maximum Gasteiger partial charge on any atom is 0.306 e. The molecule has 2 fully saturated rings. The van der Waals surface area contributed by atoms with E-state index in [2.05, 4.69) is 4.90 Å². The van der Waals surface area contributed by atoms with Crippen LogP contribution in [0.25, 0.3) is 0 Å². The smallest absolute Gasteiger partial charge is 0.306 e. The zero-order valence-electron chi connectivity index (χ0n) is 17.0. The van der Waals surface area contributed by atoms with Crippen LogP contribution in [0.1, 0.15) is 42.5 Å². The molecule has 1 amide bonds. The van der Waals surface area contributed by atoms with Gasteiger partial charge in [0.15, 0.2) is 0 Å². The second-order valence-corrected chi connectivity index (χ2v) is 8.41. The van der Waals surface area contributed by atoms with Crippen molar-refractivity contribution in [2.45, 2.75) is 32.1 Å². The number of nitrogens with zero attached hydrogens (tertiary/aromatic N) is 2. The fourth-order valence-electron chi connectivity index (χ4n) is 4.61. The lowest BCUT2D eigenvalue weighted by Crippen LogP contribution is -2.46. The van der Waals surface area contributed by atoms with E-state index >= 15 is 0 Å². The Kier molecular flexibility index (Phi) is 7.42. The van der Waals surface area contributed by atoms with Crippen molar-refractivity contribution >= 4 is 17.8 Å². The molecule has 1 aromatic carbocycles. The molecule has 0 aromatic heterocycles. The Morgan fingerprint density at radius 1 is 0.967 bits per heavy atom. The number of hydrogen-bond acceptors (Lipinski definition) is 4. The third-order valence-electron chi connectivity index (χ3n) is 6.46. The van der Waals surface area contributed by atoms with Crippen LogP contribution in [0, 0.1) is 23.6 Å². The standard InChI is InChI=1S/C22H29FN2O5/c23-19-3-1-15(2-4-19)21(28)25-12-8-17(13-20(26)27)18(14-25)7-11-24-9-5-16(6-10-24)22(29)30/h1-4,16-18H,5-14H2,(H,26,27)(H,29,30). The van der Waals surface area contributed by atoms with Crippen LogP contribution in [-0.2, 0) is 9.59 Å². The first-order valence-electron chi connectivity index (χ1n) is 10.5. The van der Waals surface area contributed by atoms with Gasteiger partial charge < -0.3 is 20.0 Å². The maximum atomic E-state index is 13.2. The Bertz CT molecular complexity index is 761. The Balaban J connectivity index is 1.59. The van der Waals surface area contributed by atoms with Gasteiger partial charge in [0.05, 0.1) is 5.92 Å². The Morgan fingerprint density at radius 2 is 1.63 bits per heavy atom. The van der Waals surface area contributed by atoms with Crippen LogP contribution in [0.3, 0.4) is 0 Å². The molecule has 8 heteroatoms. The average molecular weight is 420 g/mol. The Morgan fingerprint density at radius 3 is 2.23 bits per heavy atom. The van der Waals surface area contributed by atoms with Gasteiger partial charge in [-0.05, 0) is 81.4 Å². The molecule has 0 aliphatic carbocycles. The minimum absolute atomic E-state index is 0.0105. The van der Waals surface area contributed by atoms with Crippen LogP contribution in [0.5, 0.6) is 0 Å². The predicted octanol–water partition coefficient (Wildman–Crippen LogP) is 2.57. The summed E-state index contributed by atoms with van der Waals surface area (Å²) < 4.78 is 13.2. The van der Waals surface area contributed by atoms with Crippen molar-refractivity contribution in [2.75, 3.05) is 32.7 Å². The summed E-state index contributed by atoms with van der Waals surface area (Å²) in [6.07, 6.45) is 2.75. The van der Waals surface area contributed by atoms with Crippen LogP contribution in [0.2, 0.25) is 0 Å². The van der Waals surface area contributed by atoms with E-state index in [0.717, 1.165) is 26.1 Å². The van der Waals surface area contributed by atoms with Crippen LogP contribution in [0.15, 0.2) is 24.3 Å². The molecule has 3 rings (SSSR count). The normalized spacial score (nSPS) is 23.3. The highest BCUT2D eigenvalue weighted by molar-refractivity contribution is 5.94. The molecule has 0 radical (unpaired) electrons. The van der Waals surface area contributed by atoms with Gasteiger partial charge in [0.2, 0.25) is 0 Å². The SMILES string of the molecule is O=C(O)CC1CCN(C(=O)c2ccc(F)cc2)CC1CCN1CCC(C(=O)O)CC1. The number of benzene rings is 1. The van der Waals surface area contributed by atoms with Crippen molar-refractivity contribution < 1.29 is 29.0 Å². The second-order valence-electron chi connectivity index (χ2n) is 8.41. The molecule has 2 saturated heterocycles. The third kappa shape index (κ3) is 5.78. The van der Waals surface area contributed by atoms with Gasteiger partial charge in [0, 0.05) is 25.1 Å². The number of piperidine rings is 2. The van der Waals surface area contributed by atoms with Gasteiger partial charge in [0.1, 0.15) is 5.82 Å². The van der Waals surface area contributed by atoms with E-state index in [0.29, 0.717) is 37.9 Å². The highest BCUT2D eigenvalue weighted by Gasteiger charge is 2.33. The van der Waals surface area contributed by atoms with Crippen molar-refractivity contribution in [1.82, 2.24) is 9.80 Å². The van der Waals surface area contributed by atoms with E-state index in [1.54, 1.807) is 4.90 Å². The number of carboxylic acids is 2. The van der Waals surface area contributed by atoms with E-state index in [1.807, 2.05) is 0 Å². The molecule has 2 N–H and O–H groups in total. The van der Waals surface area contributed by atoms with Crippen LogP contribution >= 0.6 is 0 Å². The molecule has 2 aliphatic rings. The maximum absolute atomic E-state index is 13.2. The van der Waals surface area contributed by atoms with Crippen LogP contribution < -0.4 is 0 Å². The molecule has 7 nitrogen and oxygen atoms in total. The molecule has 0 bridgehead atoms. The minimum atomic E-state index is -0.828. The van der Waals surface area contributed by atoms with E-state index < -0.39 is 17.8 Å². The van der Waals surface area contributed by atoms with E-state index in [9.17, 15) is 23.9 Å². The first-order chi connectivity index (χ1) is 14.3. The number of rotatable bonds is 7. The number of carbonyl (C=O) groups is 3. The molecule has 1 aromatic rings. The van der Waals surface area contributed by atoms with Crippen LogP contribution in [-0.4, -0.2) is 70.6 Å². The van der Waals surface area contributed by atoms with E-state index in [4.69, 9.17) is 5.11 Å². The largest absolute Gasteiger partial charge is 0.481 e. The fourth-order valence-corrected chi connectivity index (χ4v) is 4.61. The molecule has 2 atom stereocenters. The first kappa shape index (κ1) is 22.2. The van der Waals surface area contributed by atoms with Gasteiger partial charge in [-0.25, -0.2) is 4.39 Å². The Labute approximate surface area is 175 Å². The number of amides is 1. The number of halogens is 1. The monoisotopic (exact) mass is 420 g/mol. The molecular formula is C22H29FN2O5. The highest BCUT2D eigenvalue weighted by atomic mass is 19.1. The summed E-state index contributed by atoms with van der Waals surface area (Å²) in [7, 11) is 0. The van der Waals surface area contributed by atoms with Crippen molar-refractivity contribution in [3.8, 4) is 0 Å². The molecule has 2 aliphatic heterocycles. The van der Waals surface area contributed by atoms with E-state index in [-0.39, 0.29) is 30.1 Å². The third-order valence-corrected chi connectivity index (χ3v) is 6.46. The molecule has 0 saturated carbocycles. The van der Waals surface area contributed by atoms with Crippen molar-refractivity contribution in [2.24, 2.45) is 17.8 Å². The van der Waals surface area contributed by atoms with Gasteiger partial charge >= 0.3 is 11.9 Å². The van der Waals surface area contributed by atoms with Gasteiger partial charge in [-0.3, -0.25) is 14.4 Å². The molecule has 30 heavy (non-hydrogen) atoms. The van der Waals surface area contributed by atoms with Crippen molar-refractivity contribution in [3.63, 3.8) is 0 Å². The summed E-state index contributed by atoms with van der Waals surface area (Å²) >= 11 is 0. The fraction of sp³-hybridized carbons (Fsp3) is 0.591.